The van der Waals surface area contributed by atoms with E-state index in [1.54, 1.807) is 24.5 Å². The molecule has 146 valence electrons. The third-order valence-corrected chi connectivity index (χ3v) is 3.78. The molecule has 0 aliphatic carbocycles. The molecule has 29 heavy (non-hydrogen) atoms. The highest BCUT2D eigenvalue weighted by Crippen LogP contribution is 2.19. The smallest absolute Gasteiger partial charge is 0.269 e. The zero-order chi connectivity index (χ0) is 20.5. The second-order valence-electron chi connectivity index (χ2n) is 5.82. The summed E-state index contributed by atoms with van der Waals surface area (Å²) in [5.41, 5.74) is 4.99. The lowest BCUT2D eigenvalue weighted by Gasteiger charge is -2.06. The number of nitrogens with one attached hydrogen (secondary N) is 1. The van der Waals surface area contributed by atoms with Crippen LogP contribution in [0.5, 0.6) is 5.75 Å². The second kappa shape index (κ2) is 9.75. The minimum absolute atomic E-state index is 0.0290. The van der Waals surface area contributed by atoms with Crippen molar-refractivity contribution < 1.29 is 9.66 Å². The highest BCUT2D eigenvalue weighted by molar-refractivity contribution is 5.99. The Bertz CT molecular complexity index is 1000. The van der Waals surface area contributed by atoms with Gasteiger partial charge in [-0.2, -0.15) is 5.10 Å². The molecule has 0 radical (unpaired) electrons. The van der Waals surface area contributed by atoms with E-state index in [1.165, 1.54) is 12.1 Å². The molecule has 0 atom stereocenters. The van der Waals surface area contributed by atoms with Crippen molar-refractivity contribution in [2.75, 3.05) is 6.61 Å². The number of nitrogens with zero attached hydrogens (tertiary/aromatic N) is 4. The lowest BCUT2D eigenvalue weighted by molar-refractivity contribution is -0.384. The van der Waals surface area contributed by atoms with Crippen molar-refractivity contribution in [1.29, 1.82) is 0 Å². The Morgan fingerprint density at radius 3 is 2.52 bits per heavy atom. The van der Waals surface area contributed by atoms with Gasteiger partial charge in [0.1, 0.15) is 11.4 Å². The van der Waals surface area contributed by atoms with Crippen LogP contribution in [0, 0.1) is 10.1 Å². The Morgan fingerprint density at radius 1 is 1.14 bits per heavy atom. The normalized spacial score (nSPS) is 11.4. The van der Waals surface area contributed by atoms with Crippen molar-refractivity contribution >= 4 is 23.4 Å². The van der Waals surface area contributed by atoms with Crippen LogP contribution in [-0.2, 0) is 0 Å². The number of hydrazone groups is 1. The topological polar surface area (TPSA) is 102 Å². The minimum atomic E-state index is -0.443. The van der Waals surface area contributed by atoms with Gasteiger partial charge in [-0.3, -0.25) is 20.5 Å². The number of non-ortho nitro benzene ring substituents is 1. The zero-order valence-electron chi connectivity index (χ0n) is 15.7. The summed E-state index contributed by atoms with van der Waals surface area (Å²) in [6.45, 7) is 2.53. The molecule has 1 N–H and O–H groups in total. The van der Waals surface area contributed by atoms with E-state index >= 15 is 0 Å². The number of hydrogen-bond donors (Lipinski definition) is 1. The third kappa shape index (κ3) is 5.70. The first-order valence-electron chi connectivity index (χ1n) is 8.92. The zero-order valence-corrected chi connectivity index (χ0v) is 15.7. The Hall–Kier alpha value is -4.07. The maximum absolute atomic E-state index is 10.7. The molecular formula is C21H19N5O3. The van der Waals surface area contributed by atoms with Gasteiger partial charge in [-0.15, -0.1) is 0 Å². The number of hydrogen-bond acceptors (Lipinski definition) is 6. The number of amidine groups is 1. The van der Waals surface area contributed by atoms with Crippen molar-refractivity contribution in [3.05, 3.63) is 94.3 Å². The molecule has 0 amide bonds. The summed E-state index contributed by atoms with van der Waals surface area (Å²) in [7, 11) is 0. The number of nitro groups is 1. The van der Waals surface area contributed by atoms with Crippen LogP contribution in [0.15, 0.2) is 83.0 Å². The molecular weight excluding hydrogens is 370 g/mol. The summed E-state index contributed by atoms with van der Waals surface area (Å²) in [5.74, 6) is 1.24. The molecule has 0 unspecified atom stereocenters. The van der Waals surface area contributed by atoms with E-state index in [9.17, 15) is 10.1 Å². The van der Waals surface area contributed by atoms with Crippen LogP contribution in [-0.4, -0.2) is 28.6 Å². The van der Waals surface area contributed by atoms with Gasteiger partial charge >= 0.3 is 0 Å². The minimum Gasteiger partial charge on any atom is -0.494 e. The summed E-state index contributed by atoms with van der Waals surface area (Å²) >= 11 is 0. The molecule has 1 aromatic heterocycles. The van der Waals surface area contributed by atoms with Crippen molar-refractivity contribution in [3.8, 4) is 5.75 Å². The van der Waals surface area contributed by atoms with Crippen LogP contribution < -0.4 is 10.2 Å². The molecule has 0 spiro atoms. The maximum Gasteiger partial charge on any atom is 0.269 e. The van der Waals surface area contributed by atoms with Gasteiger partial charge in [-0.1, -0.05) is 6.07 Å². The van der Waals surface area contributed by atoms with Crippen molar-refractivity contribution in [2.45, 2.75) is 6.92 Å². The van der Waals surface area contributed by atoms with Crippen molar-refractivity contribution in [3.63, 3.8) is 0 Å². The molecule has 0 saturated heterocycles. The molecule has 8 nitrogen and oxygen atoms in total. The maximum atomic E-state index is 10.7. The van der Waals surface area contributed by atoms with E-state index in [0.29, 0.717) is 29.4 Å². The first kappa shape index (κ1) is 19.7. The summed E-state index contributed by atoms with van der Waals surface area (Å²) < 4.78 is 5.45. The number of benzene rings is 2. The Morgan fingerprint density at radius 2 is 1.90 bits per heavy atom. The lowest BCUT2D eigenvalue weighted by Crippen LogP contribution is -2.20. The number of nitro benzene ring substituents is 1. The van der Waals surface area contributed by atoms with Gasteiger partial charge in [-0.05, 0) is 61.0 Å². The van der Waals surface area contributed by atoms with Crippen LogP contribution >= 0.6 is 0 Å². The Balaban J connectivity index is 1.79. The molecule has 3 rings (SSSR count). The lowest BCUT2D eigenvalue weighted by atomic mass is 10.2. The predicted octanol–water partition coefficient (Wildman–Crippen LogP) is 4.09. The van der Waals surface area contributed by atoms with Crippen LogP contribution in [0.1, 0.15) is 18.2 Å². The standard InChI is InChI=1S/C21H19N5O3/c1-2-29-19-12-8-17(9-13-19)24-21(20-5-3-4-14-22-20)25-23-15-16-6-10-18(11-7-16)26(27)28/h3-15H,2H2,1H3,(H,24,25)/b23-15+. The van der Waals surface area contributed by atoms with Gasteiger partial charge in [0, 0.05) is 18.3 Å². The number of aromatic nitrogens is 1. The monoisotopic (exact) mass is 389 g/mol. The largest absolute Gasteiger partial charge is 0.494 e. The van der Waals surface area contributed by atoms with Crippen molar-refractivity contribution in [2.24, 2.45) is 10.1 Å². The van der Waals surface area contributed by atoms with Crippen LogP contribution in [0.4, 0.5) is 11.4 Å². The average molecular weight is 389 g/mol. The molecule has 2 aromatic carbocycles. The number of aliphatic imine (C=N–C) groups is 1. The SMILES string of the molecule is CCOc1ccc(N=C(N/N=C/c2ccc([N+](=O)[O-])cc2)c2ccccn2)cc1. The van der Waals surface area contributed by atoms with Crippen LogP contribution in [0.25, 0.3) is 0 Å². The van der Waals surface area contributed by atoms with Crippen LogP contribution in [0.2, 0.25) is 0 Å². The quantitative estimate of drug-likeness (QED) is 0.284. The Labute approximate surface area is 167 Å². The predicted molar refractivity (Wildman–Crippen MR) is 112 cm³/mol. The number of ether oxygens (including phenoxy) is 1. The summed E-state index contributed by atoms with van der Waals surface area (Å²) in [6, 6.07) is 19.0. The van der Waals surface area contributed by atoms with E-state index in [-0.39, 0.29) is 5.69 Å². The third-order valence-electron chi connectivity index (χ3n) is 3.78. The van der Waals surface area contributed by atoms with Gasteiger partial charge in [0.15, 0.2) is 5.84 Å². The summed E-state index contributed by atoms with van der Waals surface area (Å²) in [4.78, 5) is 19.2. The molecule has 0 saturated carbocycles. The van der Waals surface area contributed by atoms with E-state index in [1.807, 2.05) is 49.4 Å². The molecule has 3 aromatic rings. The molecule has 0 aliphatic heterocycles. The fourth-order valence-corrected chi connectivity index (χ4v) is 2.41. The molecule has 0 bridgehead atoms. The Kier molecular flexibility index (Phi) is 6.62. The highest BCUT2D eigenvalue weighted by Gasteiger charge is 2.05. The van der Waals surface area contributed by atoms with Gasteiger partial charge in [0.2, 0.25) is 0 Å². The summed E-state index contributed by atoms with van der Waals surface area (Å²) in [6.07, 6.45) is 3.23. The molecule has 1 heterocycles. The van der Waals surface area contributed by atoms with Gasteiger partial charge < -0.3 is 4.74 Å². The van der Waals surface area contributed by atoms with Gasteiger partial charge in [-0.25, -0.2) is 4.99 Å². The fourth-order valence-electron chi connectivity index (χ4n) is 2.41. The number of rotatable bonds is 7. The van der Waals surface area contributed by atoms with Crippen molar-refractivity contribution in [1.82, 2.24) is 10.4 Å². The first-order valence-corrected chi connectivity index (χ1v) is 8.92. The van der Waals surface area contributed by atoms with Gasteiger partial charge in [0.05, 0.1) is 23.4 Å². The highest BCUT2D eigenvalue weighted by atomic mass is 16.6. The van der Waals surface area contributed by atoms with Gasteiger partial charge in [0.25, 0.3) is 5.69 Å². The molecule has 0 aliphatic rings. The molecule has 0 fully saturated rings. The van der Waals surface area contributed by atoms with E-state index in [4.69, 9.17) is 4.74 Å². The number of pyridine rings is 1. The van der Waals surface area contributed by atoms with E-state index < -0.39 is 4.92 Å². The fraction of sp³-hybridized carbons (Fsp3) is 0.0952. The molecule has 8 heteroatoms. The average Bonchev–Trinajstić information content (AvgIpc) is 2.75. The summed E-state index contributed by atoms with van der Waals surface area (Å²) in [5, 5.41) is 14.9. The van der Waals surface area contributed by atoms with E-state index in [0.717, 1.165) is 5.75 Å². The van der Waals surface area contributed by atoms with Crippen LogP contribution in [0.3, 0.4) is 0 Å². The second-order valence-corrected chi connectivity index (χ2v) is 5.82. The van der Waals surface area contributed by atoms with E-state index in [2.05, 4.69) is 20.5 Å². The first-order chi connectivity index (χ1) is 14.2.